The molecule has 2 rings (SSSR count). The number of aromatic nitrogens is 1. The summed E-state index contributed by atoms with van der Waals surface area (Å²) in [6.45, 7) is 3.21. The molecule has 0 fully saturated rings. The molecule has 126 valence electrons. The summed E-state index contributed by atoms with van der Waals surface area (Å²) in [4.78, 5) is 30.3. The Balaban J connectivity index is 2.01. The number of hydrogen-bond donors (Lipinski definition) is 1. The molecule has 1 aromatic carbocycles. The van der Waals surface area contributed by atoms with Crippen molar-refractivity contribution in [3.05, 3.63) is 65.5 Å². The van der Waals surface area contributed by atoms with Crippen LogP contribution in [0.25, 0.3) is 0 Å². The highest BCUT2D eigenvalue weighted by Crippen LogP contribution is 2.07. The second-order valence-electron chi connectivity index (χ2n) is 5.71. The number of benzene rings is 1. The van der Waals surface area contributed by atoms with Crippen molar-refractivity contribution in [3.63, 3.8) is 0 Å². The predicted octanol–water partition coefficient (Wildman–Crippen LogP) is 2.88. The summed E-state index contributed by atoms with van der Waals surface area (Å²) in [5.74, 6) is -0.356. The fourth-order valence-electron chi connectivity index (χ4n) is 2.28. The van der Waals surface area contributed by atoms with Crippen LogP contribution in [0.1, 0.15) is 46.0 Å². The van der Waals surface area contributed by atoms with Gasteiger partial charge >= 0.3 is 0 Å². The first kappa shape index (κ1) is 17.7. The number of carbonyl (C=O) groups is 2. The third-order valence-electron chi connectivity index (χ3n) is 3.74. The van der Waals surface area contributed by atoms with E-state index in [1.807, 2.05) is 30.3 Å². The highest BCUT2D eigenvalue weighted by Gasteiger charge is 2.14. The molecule has 5 heteroatoms. The number of carbonyl (C=O) groups excluding carboxylic acids is 2. The summed E-state index contributed by atoms with van der Waals surface area (Å²) in [6, 6.07) is 11.3. The van der Waals surface area contributed by atoms with Crippen molar-refractivity contribution < 1.29 is 9.59 Å². The quantitative estimate of drug-likeness (QED) is 0.851. The molecule has 0 saturated heterocycles. The zero-order valence-corrected chi connectivity index (χ0v) is 14.2. The van der Waals surface area contributed by atoms with Gasteiger partial charge in [0.15, 0.2) is 0 Å². The monoisotopic (exact) mass is 325 g/mol. The highest BCUT2D eigenvalue weighted by molar-refractivity contribution is 5.99. The van der Waals surface area contributed by atoms with Crippen molar-refractivity contribution in [1.29, 1.82) is 0 Å². The maximum absolute atomic E-state index is 12.4. The van der Waals surface area contributed by atoms with Crippen LogP contribution in [-0.4, -0.2) is 35.3 Å². The molecule has 2 amide bonds. The molecule has 0 radical (unpaired) electrons. The van der Waals surface area contributed by atoms with Crippen LogP contribution in [-0.2, 0) is 6.54 Å². The molecule has 1 N–H and O–H groups in total. The van der Waals surface area contributed by atoms with Crippen LogP contribution < -0.4 is 5.32 Å². The standard InChI is InChI=1S/C19H23N3O2/c1-3-4-10-22(2)19(24)17-11-16(13-20-14-17)18(23)21-12-15-8-6-5-7-9-15/h5-9,11,13-14H,3-4,10,12H2,1-2H3,(H,21,23). The maximum atomic E-state index is 12.4. The predicted molar refractivity (Wildman–Crippen MR) is 93.7 cm³/mol. The lowest BCUT2D eigenvalue weighted by Crippen LogP contribution is -2.28. The van der Waals surface area contributed by atoms with Crippen molar-refractivity contribution >= 4 is 11.8 Å². The van der Waals surface area contributed by atoms with E-state index in [2.05, 4.69) is 17.2 Å². The number of unbranched alkanes of at least 4 members (excludes halogenated alkanes) is 1. The third kappa shape index (κ3) is 4.91. The zero-order chi connectivity index (χ0) is 17.4. The number of amides is 2. The van der Waals surface area contributed by atoms with Gasteiger partial charge in [0, 0.05) is 32.5 Å². The van der Waals surface area contributed by atoms with Gasteiger partial charge in [-0.3, -0.25) is 14.6 Å². The van der Waals surface area contributed by atoms with Crippen LogP contribution in [0.3, 0.4) is 0 Å². The fourth-order valence-corrected chi connectivity index (χ4v) is 2.28. The average molecular weight is 325 g/mol. The Bertz CT molecular complexity index is 686. The normalized spacial score (nSPS) is 10.2. The second kappa shape index (κ2) is 8.82. The van der Waals surface area contributed by atoms with Gasteiger partial charge in [0.2, 0.25) is 0 Å². The first-order valence-corrected chi connectivity index (χ1v) is 8.14. The summed E-state index contributed by atoms with van der Waals surface area (Å²) in [7, 11) is 1.76. The molecule has 0 saturated carbocycles. The van der Waals surface area contributed by atoms with E-state index in [0.29, 0.717) is 24.2 Å². The molecule has 0 bridgehead atoms. The van der Waals surface area contributed by atoms with E-state index in [1.54, 1.807) is 18.0 Å². The van der Waals surface area contributed by atoms with Gasteiger partial charge in [0.25, 0.3) is 11.8 Å². The van der Waals surface area contributed by atoms with Crippen LogP contribution in [0.2, 0.25) is 0 Å². The number of rotatable bonds is 7. The summed E-state index contributed by atoms with van der Waals surface area (Å²) in [5, 5.41) is 2.84. The summed E-state index contributed by atoms with van der Waals surface area (Å²) >= 11 is 0. The molecule has 2 aromatic rings. The van der Waals surface area contributed by atoms with Crippen molar-refractivity contribution in [3.8, 4) is 0 Å². The minimum absolute atomic E-state index is 0.117. The Morgan fingerprint density at radius 1 is 1.12 bits per heavy atom. The van der Waals surface area contributed by atoms with E-state index in [4.69, 9.17) is 0 Å². The van der Waals surface area contributed by atoms with Gasteiger partial charge < -0.3 is 10.2 Å². The van der Waals surface area contributed by atoms with E-state index in [1.165, 1.54) is 12.4 Å². The third-order valence-corrected chi connectivity index (χ3v) is 3.74. The van der Waals surface area contributed by atoms with Crippen molar-refractivity contribution in [2.24, 2.45) is 0 Å². The molecular weight excluding hydrogens is 302 g/mol. The summed E-state index contributed by atoms with van der Waals surface area (Å²) in [6.07, 6.45) is 4.95. The topological polar surface area (TPSA) is 62.3 Å². The van der Waals surface area contributed by atoms with Gasteiger partial charge in [-0.15, -0.1) is 0 Å². The minimum Gasteiger partial charge on any atom is -0.348 e. The summed E-state index contributed by atoms with van der Waals surface area (Å²) < 4.78 is 0. The van der Waals surface area contributed by atoms with E-state index >= 15 is 0 Å². The molecule has 1 heterocycles. The molecule has 5 nitrogen and oxygen atoms in total. The van der Waals surface area contributed by atoms with Crippen LogP contribution in [0, 0.1) is 0 Å². The fraction of sp³-hybridized carbons (Fsp3) is 0.316. The van der Waals surface area contributed by atoms with Gasteiger partial charge in [0.05, 0.1) is 11.1 Å². The van der Waals surface area contributed by atoms with Crippen LogP contribution in [0.15, 0.2) is 48.8 Å². The number of nitrogens with zero attached hydrogens (tertiary/aromatic N) is 2. The number of pyridine rings is 1. The smallest absolute Gasteiger partial charge is 0.255 e. The van der Waals surface area contributed by atoms with Crippen molar-refractivity contribution in [2.45, 2.75) is 26.3 Å². The molecule has 0 aliphatic carbocycles. The molecule has 0 atom stereocenters. The molecule has 0 aliphatic heterocycles. The Morgan fingerprint density at radius 2 is 1.83 bits per heavy atom. The van der Waals surface area contributed by atoms with Crippen LogP contribution in [0.4, 0.5) is 0 Å². The van der Waals surface area contributed by atoms with Gasteiger partial charge in [-0.1, -0.05) is 43.7 Å². The van der Waals surface area contributed by atoms with Gasteiger partial charge in [-0.2, -0.15) is 0 Å². The lowest BCUT2D eigenvalue weighted by molar-refractivity contribution is 0.0793. The van der Waals surface area contributed by atoms with Crippen LogP contribution in [0.5, 0.6) is 0 Å². The van der Waals surface area contributed by atoms with Crippen molar-refractivity contribution in [2.75, 3.05) is 13.6 Å². The Kier molecular flexibility index (Phi) is 6.49. The number of hydrogen-bond acceptors (Lipinski definition) is 3. The molecule has 24 heavy (non-hydrogen) atoms. The average Bonchev–Trinajstić information content (AvgIpc) is 2.64. The number of nitrogens with one attached hydrogen (secondary N) is 1. The van der Waals surface area contributed by atoms with E-state index in [9.17, 15) is 9.59 Å². The van der Waals surface area contributed by atoms with E-state index < -0.39 is 0 Å². The molecule has 1 aromatic heterocycles. The van der Waals surface area contributed by atoms with Gasteiger partial charge in [0.1, 0.15) is 0 Å². The van der Waals surface area contributed by atoms with E-state index in [-0.39, 0.29) is 11.8 Å². The molecule has 0 aliphatic rings. The highest BCUT2D eigenvalue weighted by atomic mass is 16.2. The SMILES string of the molecule is CCCCN(C)C(=O)c1cncc(C(=O)NCc2ccccc2)c1. The lowest BCUT2D eigenvalue weighted by atomic mass is 10.1. The van der Waals surface area contributed by atoms with Gasteiger partial charge in [-0.25, -0.2) is 0 Å². The first-order valence-electron chi connectivity index (χ1n) is 8.14. The Morgan fingerprint density at radius 3 is 2.54 bits per heavy atom. The van der Waals surface area contributed by atoms with Crippen LogP contribution >= 0.6 is 0 Å². The van der Waals surface area contributed by atoms with E-state index in [0.717, 1.165) is 18.4 Å². The largest absolute Gasteiger partial charge is 0.348 e. The molecular formula is C19H23N3O2. The molecule has 0 unspecified atom stereocenters. The molecule has 0 spiro atoms. The maximum Gasteiger partial charge on any atom is 0.255 e. The zero-order valence-electron chi connectivity index (χ0n) is 14.2. The first-order chi connectivity index (χ1) is 11.6. The minimum atomic E-state index is -0.239. The van der Waals surface area contributed by atoms with Gasteiger partial charge in [-0.05, 0) is 18.1 Å². The van der Waals surface area contributed by atoms with Crippen molar-refractivity contribution in [1.82, 2.24) is 15.2 Å². The summed E-state index contributed by atoms with van der Waals surface area (Å²) in [5.41, 5.74) is 1.84. The lowest BCUT2D eigenvalue weighted by Gasteiger charge is -2.16. The Labute approximate surface area is 142 Å². The Hall–Kier alpha value is -2.69. The second-order valence-corrected chi connectivity index (χ2v) is 5.71.